The highest BCUT2D eigenvalue weighted by molar-refractivity contribution is 7.90. The lowest BCUT2D eigenvalue weighted by atomic mass is 10.1. The first-order chi connectivity index (χ1) is 6.36. The number of sulfone groups is 1. The third-order valence-electron chi connectivity index (χ3n) is 2.09. The fraction of sp³-hybridized carbons (Fsp3) is 0.400. The Hall–Kier alpha value is -1.03. The number of aryl methyl sites for hydroxylation is 2. The highest BCUT2D eigenvalue weighted by Gasteiger charge is 2.13. The van der Waals surface area contributed by atoms with Gasteiger partial charge in [-0.25, -0.2) is 8.42 Å². The van der Waals surface area contributed by atoms with E-state index < -0.39 is 9.84 Å². The van der Waals surface area contributed by atoms with E-state index in [1.807, 2.05) is 6.92 Å². The molecule has 0 unspecified atom stereocenters. The van der Waals surface area contributed by atoms with Gasteiger partial charge in [0.15, 0.2) is 9.84 Å². The Morgan fingerprint density at radius 2 is 1.71 bits per heavy atom. The number of rotatable bonds is 2. The third-order valence-corrected chi connectivity index (χ3v) is 3.33. The van der Waals surface area contributed by atoms with Gasteiger partial charge in [-0.05, 0) is 37.1 Å². The molecular weight excluding hydrogens is 200 g/mol. The van der Waals surface area contributed by atoms with Crippen LogP contribution in [0.25, 0.3) is 0 Å². The molecule has 0 aliphatic carbocycles. The zero-order valence-electron chi connectivity index (χ0n) is 8.79. The molecule has 0 saturated carbocycles. The Morgan fingerprint density at radius 3 is 2.14 bits per heavy atom. The van der Waals surface area contributed by atoms with Crippen LogP contribution in [0, 0.1) is 13.8 Å². The molecule has 3 nitrogen and oxygen atoms in total. The number of hydrogen-bond acceptors (Lipinski definition) is 3. The van der Waals surface area contributed by atoms with Gasteiger partial charge in [-0.15, -0.1) is 0 Å². The predicted octanol–water partition coefficient (Wildman–Crippen LogP) is 1.72. The average molecular weight is 214 g/mol. The minimum absolute atomic E-state index is 0.371. The number of benzene rings is 1. The SMILES string of the molecule is COc1cc(C)c(S(C)(=O)=O)cc1C. The lowest BCUT2D eigenvalue weighted by Crippen LogP contribution is -2.01. The molecule has 1 aromatic rings. The van der Waals surface area contributed by atoms with Crippen molar-refractivity contribution in [1.82, 2.24) is 0 Å². The van der Waals surface area contributed by atoms with Gasteiger partial charge in [0.1, 0.15) is 5.75 Å². The summed E-state index contributed by atoms with van der Waals surface area (Å²) in [6, 6.07) is 3.38. The van der Waals surface area contributed by atoms with Gasteiger partial charge in [-0.1, -0.05) is 0 Å². The molecular formula is C10H14O3S. The first-order valence-electron chi connectivity index (χ1n) is 4.21. The van der Waals surface area contributed by atoms with Gasteiger partial charge in [0, 0.05) is 6.26 Å². The summed E-state index contributed by atoms with van der Waals surface area (Å²) in [6.45, 7) is 3.59. The summed E-state index contributed by atoms with van der Waals surface area (Å²) < 4.78 is 27.8. The number of hydrogen-bond donors (Lipinski definition) is 0. The summed E-state index contributed by atoms with van der Waals surface area (Å²) in [5, 5.41) is 0. The van der Waals surface area contributed by atoms with Crippen LogP contribution in [0.2, 0.25) is 0 Å². The molecule has 4 heteroatoms. The topological polar surface area (TPSA) is 43.4 Å². The van der Waals surface area contributed by atoms with Crippen LogP contribution in [0.4, 0.5) is 0 Å². The van der Waals surface area contributed by atoms with E-state index in [1.54, 1.807) is 26.2 Å². The minimum Gasteiger partial charge on any atom is -0.496 e. The van der Waals surface area contributed by atoms with Crippen molar-refractivity contribution in [3.63, 3.8) is 0 Å². The van der Waals surface area contributed by atoms with Crippen molar-refractivity contribution < 1.29 is 13.2 Å². The van der Waals surface area contributed by atoms with E-state index in [4.69, 9.17) is 4.74 Å². The molecule has 0 saturated heterocycles. The van der Waals surface area contributed by atoms with Crippen LogP contribution in [0.1, 0.15) is 11.1 Å². The van der Waals surface area contributed by atoms with Crippen molar-refractivity contribution in [1.29, 1.82) is 0 Å². The van der Waals surface area contributed by atoms with Crippen LogP contribution in [0.3, 0.4) is 0 Å². The smallest absolute Gasteiger partial charge is 0.175 e. The Bertz CT molecular complexity index is 447. The van der Waals surface area contributed by atoms with Crippen molar-refractivity contribution >= 4 is 9.84 Å². The molecule has 1 aromatic carbocycles. The van der Waals surface area contributed by atoms with Crippen LogP contribution in [-0.2, 0) is 9.84 Å². The van der Waals surface area contributed by atoms with Crippen LogP contribution in [0.15, 0.2) is 17.0 Å². The van der Waals surface area contributed by atoms with E-state index in [1.165, 1.54) is 6.26 Å². The van der Waals surface area contributed by atoms with E-state index in [2.05, 4.69) is 0 Å². The van der Waals surface area contributed by atoms with Crippen molar-refractivity contribution in [3.05, 3.63) is 23.3 Å². The highest BCUT2D eigenvalue weighted by Crippen LogP contribution is 2.25. The fourth-order valence-corrected chi connectivity index (χ4v) is 2.42. The second-order valence-electron chi connectivity index (χ2n) is 3.36. The van der Waals surface area contributed by atoms with Gasteiger partial charge in [0.2, 0.25) is 0 Å². The number of ether oxygens (including phenoxy) is 1. The van der Waals surface area contributed by atoms with E-state index in [0.29, 0.717) is 4.90 Å². The second-order valence-corrected chi connectivity index (χ2v) is 5.34. The van der Waals surface area contributed by atoms with Crippen molar-refractivity contribution in [2.75, 3.05) is 13.4 Å². The molecule has 0 fully saturated rings. The molecule has 0 aromatic heterocycles. The molecule has 0 spiro atoms. The molecule has 0 radical (unpaired) electrons. The molecule has 0 amide bonds. The zero-order chi connectivity index (χ0) is 10.9. The molecule has 0 aliphatic heterocycles. The zero-order valence-corrected chi connectivity index (χ0v) is 9.60. The van der Waals surface area contributed by atoms with Crippen LogP contribution >= 0.6 is 0 Å². The van der Waals surface area contributed by atoms with Gasteiger partial charge in [0.25, 0.3) is 0 Å². The maximum absolute atomic E-state index is 11.4. The monoisotopic (exact) mass is 214 g/mol. The van der Waals surface area contributed by atoms with Crippen molar-refractivity contribution in [3.8, 4) is 5.75 Å². The molecule has 78 valence electrons. The van der Waals surface area contributed by atoms with Crippen LogP contribution in [0.5, 0.6) is 5.75 Å². The Morgan fingerprint density at radius 1 is 1.14 bits per heavy atom. The van der Waals surface area contributed by atoms with E-state index in [0.717, 1.165) is 16.9 Å². The molecule has 0 atom stereocenters. The molecule has 1 rings (SSSR count). The largest absolute Gasteiger partial charge is 0.496 e. The Kier molecular flexibility index (Phi) is 2.85. The maximum Gasteiger partial charge on any atom is 0.175 e. The standard InChI is InChI=1S/C10H14O3S/c1-7-6-10(14(4,11)12)8(2)5-9(7)13-3/h5-6H,1-4H3. The minimum atomic E-state index is -3.14. The second kappa shape index (κ2) is 3.61. The Balaban J connectivity index is 3.44. The first-order valence-corrected chi connectivity index (χ1v) is 6.10. The summed E-state index contributed by atoms with van der Waals surface area (Å²) in [7, 11) is -1.57. The van der Waals surface area contributed by atoms with E-state index in [-0.39, 0.29) is 0 Å². The van der Waals surface area contributed by atoms with Gasteiger partial charge in [-0.3, -0.25) is 0 Å². The predicted molar refractivity (Wildman–Crippen MR) is 55.6 cm³/mol. The van der Waals surface area contributed by atoms with Gasteiger partial charge in [0.05, 0.1) is 12.0 Å². The normalized spacial score (nSPS) is 11.4. The van der Waals surface area contributed by atoms with E-state index in [9.17, 15) is 8.42 Å². The summed E-state index contributed by atoms with van der Waals surface area (Å²) in [5.41, 5.74) is 1.55. The summed E-state index contributed by atoms with van der Waals surface area (Å²) in [6.07, 6.45) is 1.21. The van der Waals surface area contributed by atoms with Crippen LogP contribution in [-0.4, -0.2) is 21.8 Å². The van der Waals surface area contributed by atoms with Crippen molar-refractivity contribution in [2.45, 2.75) is 18.7 Å². The first kappa shape index (κ1) is 11.0. The van der Waals surface area contributed by atoms with Gasteiger partial charge < -0.3 is 4.74 Å². The third kappa shape index (κ3) is 2.07. The number of methoxy groups -OCH3 is 1. The molecule has 0 heterocycles. The van der Waals surface area contributed by atoms with Gasteiger partial charge >= 0.3 is 0 Å². The lowest BCUT2D eigenvalue weighted by molar-refractivity contribution is 0.411. The van der Waals surface area contributed by atoms with Gasteiger partial charge in [-0.2, -0.15) is 0 Å². The van der Waals surface area contributed by atoms with E-state index >= 15 is 0 Å². The summed E-state index contributed by atoms with van der Waals surface area (Å²) >= 11 is 0. The molecule has 0 bridgehead atoms. The maximum atomic E-state index is 11.4. The summed E-state index contributed by atoms with van der Waals surface area (Å²) in [5.74, 6) is 0.718. The quantitative estimate of drug-likeness (QED) is 0.752. The fourth-order valence-electron chi connectivity index (χ4n) is 1.38. The molecule has 14 heavy (non-hydrogen) atoms. The van der Waals surface area contributed by atoms with Crippen molar-refractivity contribution in [2.24, 2.45) is 0 Å². The molecule has 0 N–H and O–H groups in total. The lowest BCUT2D eigenvalue weighted by Gasteiger charge is -2.09. The summed E-state index contributed by atoms with van der Waals surface area (Å²) in [4.78, 5) is 0.371. The molecule has 0 aliphatic rings. The Labute approximate surface area is 84.6 Å². The van der Waals surface area contributed by atoms with Crippen LogP contribution < -0.4 is 4.74 Å². The average Bonchev–Trinajstić information content (AvgIpc) is 2.06. The highest BCUT2D eigenvalue weighted by atomic mass is 32.2.